The lowest BCUT2D eigenvalue weighted by Gasteiger charge is -2.26. The van der Waals surface area contributed by atoms with E-state index in [-0.39, 0.29) is 18.3 Å². The Labute approximate surface area is 153 Å². The summed E-state index contributed by atoms with van der Waals surface area (Å²) in [6, 6.07) is 14.0. The number of ether oxygens (including phenoxy) is 2. The number of H-pyrrole nitrogens is 1. The van der Waals surface area contributed by atoms with Gasteiger partial charge in [0.15, 0.2) is 5.41 Å². The normalized spacial score (nSPS) is 19.8. The molecule has 0 saturated heterocycles. The molecule has 2 atom stereocenters. The Hall–Kier alpha value is -2.82. The predicted octanol–water partition coefficient (Wildman–Crippen LogP) is 3.45. The van der Waals surface area contributed by atoms with Crippen molar-refractivity contribution in [2.45, 2.75) is 18.8 Å². The third-order valence-electron chi connectivity index (χ3n) is 5.29. The quantitative estimate of drug-likeness (QED) is 0.508. The first-order valence-corrected chi connectivity index (χ1v) is 8.56. The van der Waals surface area contributed by atoms with Crippen molar-refractivity contribution in [2.75, 3.05) is 14.2 Å². The number of carbonyl (C=O) groups is 2. The molecule has 0 spiro atoms. The van der Waals surface area contributed by atoms with Crippen molar-refractivity contribution < 1.29 is 19.1 Å². The van der Waals surface area contributed by atoms with E-state index in [2.05, 4.69) is 23.7 Å². The van der Waals surface area contributed by atoms with Gasteiger partial charge in [-0.15, -0.1) is 0 Å². The van der Waals surface area contributed by atoms with Crippen molar-refractivity contribution >= 4 is 11.9 Å². The molecule has 1 aliphatic carbocycles. The van der Waals surface area contributed by atoms with Gasteiger partial charge in [0.2, 0.25) is 0 Å². The van der Waals surface area contributed by atoms with E-state index in [1.165, 1.54) is 14.2 Å². The van der Waals surface area contributed by atoms with Crippen LogP contribution in [0.2, 0.25) is 0 Å². The molecule has 5 heteroatoms. The van der Waals surface area contributed by atoms with Gasteiger partial charge in [0.05, 0.1) is 14.2 Å². The lowest BCUT2D eigenvalue weighted by atomic mass is 9.78. The number of benzene rings is 1. The summed E-state index contributed by atoms with van der Waals surface area (Å²) < 4.78 is 9.89. The summed E-state index contributed by atoms with van der Waals surface area (Å²) in [6.07, 6.45) is 2.42. The van der Waals surface area contributed by atoms with Crippen molar-refractivity contribution in [1.29, 1.82) is 0 Å². The number of aromatic amines is 1. The molecular weight excluding hydrogens is 330 g/mol. The minimum Gasteiger partial charge on any atom is -0.468 e. The molecular formula is C21H23NO4. The Morgan fingerprint density at radius 1 is 1.12 bits per heavy atom. The number of aromatic nitrogens is 1. The van der Waals surface area contributed by atoms with Gasteiger partial charge in [-0.2, -0.15) is 0 Å². The molecule has 0 bridgehead atoms. The zero-order chi connectivity index (χ0) is 18.7. The monoisotopic (exact) mass is 353 g/mol. The maximum Gasteiger partial charge on any atom is 0.323 e. The van der Waals surface area contributed by atoms with Crippen molar-refractivity contribution in [1.82, 2.24) is 4.98 Å². The topological polar surface area (TPSA) is 68.4 Å². The van der Waals surface area contributed by atoms with Crippen LogP contribution in [-0.2, 0) is 19.1 Å². The molecule has 0 unspecified atom stereocenters. The summed E-state index contributed by atoms with van der Waals surface area (Å²) in [5, 5.41) is 0. The Morgan fingerprint density at radius 3 is 2.31 bits per heavy atom. The molecule has 1 aromatic carbocycles. The highest BCUT2D eigenvalue weighted by Gasteiger charge is 2.56. The molecule has 1 N–H and O–H groups in total. The van der Waals surface area contributed by atoms with Crippen LogP contribution in [0.4, 0.5) is 0 Å². The fourth-order valence-electron chi connectivity index (χ4n) is 4.08. The van der Waals surface area contributed by atoms with Gasteiger partial charge in [-0.05, 0) is 36.5 Å². The van der Waals surface area contributed by atoms with Crippen molar-refractivity contribution in [3.8, 4) is 0 Å². The fourth-order valence-corrected chi connectivity index (χ4v) is 4.08. The average molecular weight is 353 g/mol. The van der Waals surface area contributed by atoms with Gasteiger partial charge in [-0.25, -0.2) is 0 Å². The Morgan fingerprint density at radius 2 is 1.77 bits per heavy atom. The minimum atomic E-state index is -1.33. The van der Waals surface area contributed by atoms with Crippen LogP contribution < -0.4 is 0 Å². The van der Waals surface area contributed by atoms with E-state index in [9.17, 15) is 9.59 Å². The largest absolute Gasteiger partial charge is 0.468 e. The lowest BCUT2D eigenvalue weighted by Crippen LogP contribution is -2.39. The second-order valence-corrected chi connectivity index (χ2v) is 6.72. The van der Waals surface area contributed by atoms with Crippen LogP contribution in [0.1, 0.15) is 30.0 Å². The highest BCUT2D eigenvalue weighted by Crippen LogP contribution is 2.52. The van der Waals surface area contributed by atoms with E-state index in [1.807, 2.05) is 36.5 Å². The van der Waals surface area contributed by atoms with Crippen LogP contribution in [0.5, 0.6) is 0 Å². The minimum absolute atomic E-state index is 0.0325. The summed E-state index contributed by atoms with van der Waals surface area (Å²) in [7, 11) is 2.59. The van der Waals surface area contributed by atoms with Gasteiger partial charge < -0.3 is 14.5 Å². The third kappa shape index (κ3) is 2.94. The van der Waals surface area contributed by atoms with Gasteiger partial charge >= 0.3 is 11.9 Å². The number of methoxy groups -OCH3 is 2. The van der Waals surface area contributed by atoms with Crippen molar-refractivity contribution in [2.24, 2.45) is 11.3 Å². The fraction of sp³-hybridized carbons (Fsp3) is 0.333. The maximum atomic E-state index is 12.5. The van der Waals surface area contributed by atoms with Crippen LogP contribution in [-0.4, -0.2) is 31.1 Å². The number of allylic oxidation sites excluding steroid dienone is 1. The average Bonchev–Trinajstić information content (AvgIpc) is 3.31. The summed E-state index contributed by atoms with van der Waals surface area (Å²) in [5.41, 5.74) is 1.65. The van der Waals surface area contributed by atoms with Crippen LogP contribution in [0.15, 0.2) is 60.8 Å². The number of rotatable bonds is 5. The van der Waals surface area contributed by atoms with Gasteiger partial charge in [0.1, 0.15) is 0 Å². The van der Waals surface area contributed by atoms with E-state index < -0.39 is 17.4 Å². The van der Waals surface area contributed by atoms with Gasteiger partial charge in [-0.1, -0.05) is 42.5 Å². The number of esters is 2. The Bertz CT molecular complexity index is 779. The Kier molecular flexibility index (Phi) is 4.98. The number of nitrogens with one attached hydrogen (secondary N) is 1. The highest BCUT2D eigenvalue weighted by atomic mass is 16.5. The lowest BCUT2D eigenvalue weighted by molar-refractivity contribution is -0.168. The number of carbonyl (C=O) groups excluding carboxylic acids is 2. The smallest absolute Gasteiger partial charge is 0.323 e. The van der Waals surface area contributed by atoms with Gasteiger partial charge in [0.25, 0.3) is 0 Å². The van der Waals surface area contributed by atoms with Crippen LogP contribution >= 0.6 is 0 Å². The summed E-state index contributed by atoms with van der Waals surface area (Å²) in [4.78, 5) is 28.3. The van der Waals surface area contributed by atoms with Crippen LogP contribution in [0.25, 0.3) is 0 Å². The second-order valence-electron chi connectivity index (χ2n) is 6.72. The van der Waals surface area contributed by atoms with Crippen LogP contribution in [0, 0.1) is 11.3 Å². The van der Waals surface area contributed by atoms with Gasteiger partial charge in [0, 0.05) is 17.8 Å². The first kappa shape index (κ1) is 18.0. The molecule has 1 aliphatic rings. The zero-order valence-electron chi connectivity index (χ0n) is 15.0. The van der Waals surface area contributed by atoms with Gasteiger partial charge in [-0.3, -0.25) is 9.59 Å². The number of hydrogen-bond acceptors (Lipinski definition) is 4. The summed E-state index contributed by atoms with van der Waals surface area (Å²) in [6.45, 7) is 4.19. The maximum absolute atomic E-state index is 12.5. The van der Waals surface area contributed by atoms with E-state index in [1.54, 1.807) is 0 Å². The predicted molar refractivity (Wildman–Crippen MR) is 97.4 cm³/mol. The van der Waals surface area contributed by atoms with Crippen LogP contribution in [0.3, 0.4) is 0 Å². The van der Waals surface area contributed by atoms with E-state index in [0.29, 0.717) is 6.42 Å². The molecule has 0 amide bonds. The highest BCUT2D eigenvalue weighted by molar-refractivity contribution is 6.01. The summed E-state index contributed by atoms with van der Waals surface area (Å²) >= 11 is 0. The number of hydrogen-bond donors (Lipinski definition) is 1. The zero-order valence-corrected chi connectivity index (χ0v) is 15.0. The van der Waals surface area contributed by atoms with Crippen molar-refractivity contribution in [3.05, 3.63) is 72.1 Å². The van der Waals surface area contributed by atoms with E-state index in [0.717, 1.165) is 16.8 Å². The summed E-state index contributed by atoms with van der Waals surface area (Å²) in [5.74, 6) is -1.25. The van der Waals surface area contributed by atoms with E-state index in [4.69, 9.17) is 9.47 Å². The SMILES string of the molecule is C=C1CC(C(=O)OC)(C(=O)OC)C[C@H]1[C@@H](c1ccccc1)c1ccc[nH]1. The molecule has 26 heavy (non-hydrogen) atoms. The standard InChI is InChI=1S/C21H23NO4/c1-14-12-21(19(23)25-2,20(24)26-3)13-16(14)18(17-10-7-11-22-17)15-8-5-4-6-9-15/h4-11,16,18,22H,1,12-13H2,2-3H3/t16-,18-/m1/s1. The molecule has 3 rings (SSSR count). The molecule has 1 saturated carbocycles. The first-order chi connectivity index (χ1) is 12.5. The molecule has 2 aromatic rings. The molecule has 0 radical (unpaired) electrons. The molecule has 136 valence electrons. The molecule has 0 aliphatic heterocycles. The molecule has 1 heterocycles. The molecule has 1 fully saturated rings. The third-order valence-corrected chi connectivity index (χ3v) is 5.29. The van der Waals surface area contributed by atoms with Crippen molar-refractivity contribution in [3.63, 3.8) is 0 Å². The van der Waals surface area contributed by atoms with E-state index >= 15 is 0 Å². The first-order valence-electron chi connectivity index (χ1n) is 8.56. The molecule has 5 nitrogen and oxygen atoms in total. The molecule has 1 aromatic heterocycles. The Balaban J connectivity index is 2.04. The second kappa shape index (κ2) is 7.20.